The molecule has 0 saturated carbocycles. The van der Waals surface area contributed by atoms with Crippen molar-refractivity contribution < 1.29 is 9.53 Å². The van der Waals surface area contributed by atoms with Gasteiger partial charge in [-0.05, 0) is 37.8 Å². The van der Waals surface area contributed by atoms with Gasteiger partial charge >= 0.3 is 0 Å². The van der Waals surface area contributed by atoms with Crippen molar-refractivity contribution in [2.45, 2.75) is 57.4 Å². The maximum Gasteiger partial charge on any atom is 0.220 e. The van der Waals surface area contributed by atoms with E-state index in [0.29, 0.717) is 19.1 Å². The molecule has 1 aromatic heterocycles. The number of nitrogens with one attached hydrogen (secondary N) is 1. The van der Waals surface area contributed by atoms with Gasteiger partial charge in [0, 0.05) is 18.8 Å². The van der Waals surface area contributed by atoms with E-state index in [4.69, 9.17) is 4.74 Å². The molecule has 1 saturated heterocycles. The largest absolute Gasteiger partial charge is 0.375 e. The summed E-state index contributed by atoms with van der Waals surface area (Å²) in [4.78, 5) is 12.4. The van der Waals surface area contributed by atoms with E-state index in [1.54, 1.807) is 6.20 Å². The summed E-state index contributed by atoms with van der Waals surface area (Å²) in [6, 6.07) is 11.8. The van der Waals surface area contributed by atoms with Crippen LogP contribution in [0.5, 0.6) is 0 Å². The predicted molar refractivity (Wildman–Crippen MR) is 92.4 cm³/mol. The van der Waals surface area contributed by atoms with Gasteiger partial charge in [-0.25, -0.2) is 0 Å². The average Bonchev–Trinajstić information content (AvgIpc) is 3.25. The van der Waals surface area contributed by atoms with Gasteiger partial charge in [0.15, 0.2) is 0 Å². The molecule has 3 rings (SSSR count). The Labute approximate surface area is 143 Å². The van der Waals surface area contributed by atoms with Crippen LogP contribution in [0.1, 0.15) is 44.2 Å². The van der Waals surface area contributed by atoms with Crippen LogP contribution in [0.4, 0.5) is 0 Å². The average molecular weight is 327 g/mol. The van der Waals surface area contributed by atoms with E-state index in [9.17, 15) is 4.79 Å². The summed E-state index contributed by atoms with van der Waals surface area (Å²) in [7, 11) is 0. The van der Waals surface area contributed by atoms with Crippen LogP contribution in [0.25, 0.3) is 0 Å². The smallest absolute Gasteiger partial charge is 0.220 e. The molecule has 0 bridgehead atoms. The van der Waals surface area contributed by atoms with Crippen molar-refractivity contribution in [1.82, 2.24) is 15.1 Å². The predicted octanol–water partition coefficient (Wildman–Crippen LogP) is 3.09. The van der Waals surface area contributed by atoms with Gasteiger partial charge in [0.05, 0.1) is 24.8 Å². The number of hydrogen-bond donors (Lipinski definition) is 1. The van der Waals surface area contributed by atoms with Crippen LogP contribution < -0.4 is 5.32 Å². The maximum absolute atomic E-state index is 12.4. The number of aromatic nitrogens is 2. The molecule has 1 fully saturated rings. The third-order valence-corrected chi connectivity index (χ3v) is 4.48. The second kappa shape index (κ2) is 8.11. The van der Waals surface area contributed by atoms with Gasteiger partial charge in [0.1, 0.15) is 0 Å². The van der Waals surface area contributed by atoms with Crippen molar-refractivity contribution in [1.29, 1.82) is 0 Å². The van der Waals surface area contributed by atoms with Crippen molar-refractivity contribution in [3.63, 3.8) is 0 Å². The number of carbonyl (C=O) groups excluding carboxylic acids is 1. The Morgan fingerprint density at radius 1 is 1.33 bits per heavy atom. The first-order valence-corrected chi connectivity index (χ1v) is 8.68. The summed E-state index contributed by atoms with van der Waals surface area (Å²) in [6.07, 6.45) is 7.67. The molecule has 1 amide bonds. The second-order valence-electron chi connectivity index (χ2n) is 6.44. The summed E-state index contributed by atoms with van der Waals surface area (Å²) in [5.41, 5.74) is 1.09. The molecule has 1 aliphatic rings. The van der Waals surface area contributed by atoms with Crippen LogP contribution in [0.15, 0.2) is 48.8 Å². The zero-order valence-electron chi connectivity index (χ0n) is 14.1. The van der Waals surface area contributed by atoms with Crippen molar-refractivity contribution in [2.24, 2.45) is 0 Å². The molecule has 5 heteroatoms. The highest BCUT2D eigenvalue weighted by Gasteiger charge is 2.23. The number of benzene rings is 1. The third kappa shape index (κ3) is 4.68. The fraction of sp³-hybridized carbons (Fsp3) is 0.474. The Bertz CT molecular complexity index is 627. The minimum atomic E-state index is -0.0815. The van der Waals surface area contributed by atoms with Crippen LogP contribution in [0.3, 0.4) is 0 Å². The first kappa shape index (κ1) is 16.7. The quantitative estimate of drug-likeness (QED) is 0.850. The summed E-state index contributed by atoms with van der Waals surface area (Å²) in [5.74, 6) is 0.0687. The molecular formula is C19H25N3O2. The van der Waals surface area contributed by atoms with Crippen LogP contribution in [0.2, 0.25) is 0 Å². The van der Waals surface area contributed by atoms with Gasteiger partial charge < -0.3 is 10.1 Å². The molecule has 1 aliphatic heterocycles. The Kier molecular flexibility index (Phi) is 5.64. The lowest BCUT2D eigenvalue weighted by molar-refractivity contribution is -0.122. The Morgan fingerprint density at radius 3 is 2.83 bits per heavy atom. The highest BCUT2D eigenvalue weighted by atomic mass is 16.5. The van der Waals surface area contributed by atoms with Crippen molar-refractivity contribution in [3.05, 3.63) is 54.4 Å². The van der Waals surface area contributed by atoms with Crippen LogP contribution in [-0.4, -0.2) is 27.9 Å². The van der Waals surface area contributed by atoms with Crippen LogP contribution >= 0.6 is 0 Å². The molecule has 3 atom stereocenters. The van der Waals surface area contributed by atoms with Crippen LogP contribution in [0, 0.1) is 0 Å². The summed E-state index contributed by atoms with van der Waals surface area (Å²) in [6.45, 7) is 2.72. The SMILES string of the molecule is C[C@@H]1CC[C@H](CCC(=O)N[C@@H](Cn2cccn2)c2ccccc2)O1. The van der Waals surface area contributed by atoms with Crippen molar-refractivity contribution >= 4 is 5.91 Å². The molecular weight excluding hydrogens is 302 g/mol. The molecule has 2 aromatic rings. The van der Waals surface area contributed by atoms with Crippen LogP contribution in [-0.2, 0) is 16.1 Å². The lowest BCUT2D eigenvalue weighted by Gasteiger charge is -2.20. The normalized spacial score (nSPS) is 21.5. The molecule has 5 nitrogen and oxygen atoms in total. The number of amides is 1. The first-order chi connectivity index (χ1) is 11.7. The second-order valence-corrected chi connectivity index (χ2v) is 6.44. The van der Waals surface area contributed by atoms with E-state index in [1.165, 1.54) is 0 Å². The molecule has 0 unspecified atom stereocenters. The molecule has 128 valence electrons. The van der Waals surface area contributed by atoms with E-state index in [1.807, 2.05) is 47.3 Å². The molecule has 24 heavy (non-hydrogen) atoms. The third-order valence-electron chi connectivity index (χ3n) is 4.48. The van der Waals surface area contributed by atoms with Gasteiger partial charge in [-0.3, -0.25) is 9.48 Å². The van der Waals surface area contributed by atoms with E-state index in [-0.39, 0.29) is 18.1 Å². The number of nitrogens with zero attached hydrogens (tertiary/aromatic N) is 2. The molecule has 2 heterocycles. The highest BCUT2D eigenvalue weighted by Crippen LogP contribution is 2.23. The minimum Gasteiger partial charge on any atom is -0.375 e. The van der Waals surface area contributed by atoms with E-state index in [2.05, 4.69) is 17.3 Å². The summed E-state index contributed by atoms with van der Waals surface area (Å²) < 4.78 is 7.64. The Morgan fingerprint density at radius 2 is 2.17 bits per heavy atom. The van der Waals surface area contributed by atoms with E-state index >= 15 is 0 Å². The number of ether oxygens (including phenoxy) is 1. The van der Waals surface area contributed by atoms with Gasteiger partial charge in [0.2, 0.25) is 5.91 Å². The van der Waals surface area contributed by atoms with Crippen molar-refractivity contribution in [3.8, 4) is 0 Å². The minimum absolute atomic E-state index is 0.0687. The molecule has 0 spiro atoms. The lowest BCUT2D eigenvalue weighted by atomic mass is 10.1. The maximum atomic E-state index is 12.4. The van der Waals surface area contributed by atoms with Gasteiger partial charge in [-0.2, -0.15) is 5.10 Å². The molecule has 1 N–H and O–H groups in total. The molecule has 0 aliphatic carbocycles. The molecule has 0 radical (unpaired) electrons. The number of hydrogen-bond acceptors (Lipinski definition) is 3. The topological polar surface area (TPSA) is 56.2 Å². The van der Waals surface area contributed by atoms with Gasteiger partial charge in [0.25, 0.3) is 0 Å². The van der Waals surface area contributed by atoms with Gasteiger partial charge in [-0.1, -0.05) is 30.3 Å². The van der Waals surface area contributed by atoms with E-state index < -0.39 is 0 Å². The summed E-state index contributed by atoms with van der Waals surface area (Å²) in [5, 5.41) is 7.40. The standard InChI is InChI=1S/C19H25N3O2/c1-15-8-9-17(24-15)10-11-19(23)21-18(14-22-13-5-12-20-22)16-6-3-2-4-7-16/h2-7,12-13,15,17-18H,8-11,14H2,1H3,(H,21,23)/t15-,17-,18+/m1/s1. The number of carbonyl (C=O) groups is 1. The fourth-order valence-electron chi connectivity index (χ4n) is 3.17. The Hall–Kier alpha value is -2.14. The lowest BCUT2D eigenvalue weighted by Crippen LogP contribution is -2.32. The Balaban J connectivity index is 1.57. The highest BCUT2D eigenvalue weighted by molar-refractivity contribution is 5.76. The monoisotopic (exact) mass is 327 g/mol. The van der Waals surface area contributed by atoms with E-state index in [0.717, 1.165) is 24.8 Å². The summed E-state index contributed by atoms with van der Waals surface area (Å²) >= 11 is 0. The van der Waals surface area contributed by atoms with Gasteiger partial charge in [-0.15, -0.1) is 0 Å². The fourth-order valence-corrected chi connectivity index (χ4v) is 3.17. The molecule has 1 aromatic carbocycles. The number of rotatable bonds is 7. The van der Waals surface area contributed by atoms with Crippen molar-refractivity contribution in [2.75, 3.05) is 0 Å². The first-order valence-electron chi connectivity index (χ1n) is 8.68. The zero-order chi connectivity index (χ0) is 16.8. The zero-order valence-corrected chi connectivity index (χ0v) is 14.1.